The lowest BCUT2D eigenvalue weighted by Crippen LogP contribution is -2.40. The predicted molar refractivity (Wildman–Crippen MR) is 117 cm³/mol. The molecule has 4 rings (SSSR count). The van der Waals surface area contributed by atoms with E-state index >= 15 is 0 Å². The minimum Gasteiger partial charge on any atom is -0.377 e. The largest absolute Gasteiger partial charge is 0.377 e. The number of imidazole rings is 1. The zero-order valence-electron chi connectivity index (χ0n) is 17.6. The topological polar surface area (TPSA) is 50.1 Å². The molecule has 7 heteroatoms. The number of likely N-dealkylation sites (tertiary alicyclic amines) is 2. The van der Waals surface area contributed by atoms with Gasteiger partial charge in [-0.1, -0.05) is 26.2 Å². The van der Waals surface area contributed by atoms with Crippen molar-refractivity contribution in [1.29, 1.82) is 0 Å². The van der Waals surface area contributed by atoms with Crippen LogP contribution in [0.5, 0.6) is 0 Å². The number of ether oxygens (including phenoxy) is 1. The molecular formula is C22H34N4O2S. The van der Waals surface area contributed by atoms with Gasteiger partial charge in [0.05, 0.1) is 11.8 Å². The van der Waals surface area contributed by atoms with E-state index in [1.54, 1.807) is 11.3 Å². The molecule has 29 heavy (non-hydrogen) atoms. The Labute approximate surface area is 177 Å². The third kappa shape index (κ3) is 5.01. The van der Waals surface area contributed by atoms with Crippen molar-refractivity contribution in [1.82, 2.24) is 19.2 Å². The van der Waals surface area contributed by atoms with Gasteiger partial charge < -0.3 is 9.64 Å². The molecule has 2 aromatic rings. The van der Waals surface area contributed by atoms with Crippen molar-refractivity contribution in [2.24, 2.45) is 0 Å². The number of hydrogen-bond acceptors (Lipinski definition) is 5. The third-order valence-electron chi connectivity index (χ3n) is 6.10. The highest BCUT2D eigenvalue weighted by molar-refractivity contribution is 7.15. The lowest BCUT2D eigenvalue weighted by atomic mass is 10.1. The van der Waals surface area contributed by atoms with Crippen LogP contribution in [0.25, 0.3) is 4.96 Å². The molecular weight excluding hydrogens is 384 g/mol. The Morgan fingerprint density at radius 2 is 1.97 bits per heavy atom. The standard InChI is InChI=1S/C22H34N4O2S/c1-2-14-28-18-9-8-10-24(16-18)17-19-20(23-22-26(19)13-15-29-22)21(27)25-11-6-4-3-5-7-12-25/h13,15,18H,2-12,14,16-17H2,1H3/t18-/m1/s1. The number of amides is 1. The summed E-state index contributed by atoms with van der Waals surface area (Å²) in [5, 5.41) is 2.06. The molecule has 160 valence electrons. The van der Waals surface area contributed by atoms with E-state index in [4.69, 9.17) is 9.72 Å². The van der Waals surface area contributed by atoms with Crippen molar-refractivity contribution in [2.75, 3.05) is 32.8 Å². The number of rotatable bonds is 6. The average Bonchev–Trinajstić information content (AvgIpc) is 3.29. The van der Waals surface area contributed by atoms with Gasteiger partial charge >= 0.3 is 0 Å². The van der Waals surface area contributed by atoms with Gasteiger partial charge in [-0.15, -0.1) is 11.3 Å². The van der Waals surface area contributed by atoms with Gasteiger partial charge in [-0.3, -0.25) is 14.1 Å². The molecule has 2 saturated heterocycles. The summed E-state index contributed by atoms with van der Waals surface area (Å²) in [6, 6.07) is 0. The van der Waals surface area contributed by atoms with Crippen LogP contribution in [0.3, 0.4) is 0 Å². The molecule has 2 aliphatic rings. The highest BCUT2D eigenvalue weighted by Gasteiger charge is 2.28. The Morgan fingerprint density at radius 1 is 1.17 bits per heavy atom. The predicted octanol–water partition coefficient (Wildman–Crippen LogP) is 4.19. The maximum atomic E-state index is 13.4. The second-order valence-corrected chi connectivity index (χ2v) is 9.27. The fourth-order valence-corrected chi connectivity index (χ4v) is 5.28. The quantitative estimate of drug-likeness (QED) is 0.706. The van der Waals surface area contributed by atoms with E-state index in [-0.39, 0.29) is 5.91 Å². The molecule has 2 fully saturated rings. The van der Waals surface area contributed by atoms with Crippen molar-refractivity contribution in [3.05, 3.63) is 23.0 Å². The van der Waals surface area contributed by atoms with Crippen LogP contribution in [-0.2, 0) is 11.3 Å². The van der Waals surface area contributed by atoms with E-state index in [1.165, 1.54) is 19.3 Å². The molecule has 0 saturated carbocycles. The van der Waals surface area contributed by atoms with Gasteiger partial charge in [-0.25, -0.2) is 4.98 Å². The minimum absolute atomic E-state index is 0.119. The van der Waals surface area contributed by atoms with Crippen LogP contribution in [0.1, 0.15) is 74.5 Å². The highest BCUT2D eigenvalue weighted by atomic mass is 32.1. The molecule has 0 aromatic carbocycles. The summed E-state index contributed by atoms with van der Waals surface area (Å²) in [5.41, 5.74) is 1.71. The van der Waals surface area contributed by atoms with E-state index < -0.39 is 0 Å². The second kappa shape index (κ2) is 10.0. The van der Waals surface area contributed by atoms with Crippen LogP contribution in [-0.4, -0.2) is 64.0 Å². The summed E-state index contributed by atoms with van der Waals surface area (Å²) in [6.07, 6.45) is 11.7. The summed E-state index contributed by atoms with van der Waals surface area (Å²) in [4.78, 5) is 23.6. The number of fused-ring (bicyclic) bond motifs is 1. The Balaban J connectivity index is 1.52. The van der Waals surface area contributed by atoms with E-state index in [0.29, 0.717) is 11.8 Å². The second-order valence-electron chi connectivity index (χ2n) is 8.39. The summed E-state index contributed by atoms with van der Waals surface area (Å²) in [7, 11) is 0. The fourth-order valence-electron chi connectivity index (χ4n) is 4.54. The van der Waals surface area contributed by atoms with E-state index in [0.717, 1.165) is 82.1 Å². The van der Waals surface area contributed by atoms with Gasteiger partial charge in [0.15, 0.2) is 10.7 Å². The highest BCUT2D eigenvalue weighted by Crippen LogP contribution is 2.24. The van der Waals surface area contributed by atoms with Crippen LogP contribution in [0.2, 0.25) is 0 Å². The molecule has 0 N–H and O–H groups in total. The number of nitrogens with zero attached hydrogens (tertiary/aromatic N) is 4. The summed E-state index contributed by atoms with van der Waals surface area (Å²) < 4.78 is 8.14. The molecule has 1 atom stereocenters. The molecule has 0 radical (unpaired) electrons. The lowest BCUT2D eigenvalue weighted by molar-refractivity contribution is -0.00264. The van der Waals surface area contributed by atoms with Crippen LogP contribution in [0.15, 0.2) is 11.6 Å². The first-order valence-corrected chi connectivity index (χ1v) is 12.2. The normalized spacial score (nSPS) is 22.0. The van der Waals surface area contributed by atoms with Crippen molar-refractivity contribution in [2.45, 2.75) is 70.9 Å². The Hall–Kier alpha value is -1.44. The molecule has 0 unspecified atom stereocenters. The van der Waals surface area contributed by atoms with Gasteiger partial charge in [0.2, 0.25) is 0 Å². The number of hydrogen-bond donors (Lipinski definition) is 0. The third-order valence-corrected chi connectivity index (χ3v) is 6.86. The minimum atomic E-state index is 0.119. The summed E-state index contributed by atoms with van der Waals surface area (Å²) in [5.74, 6) is 0.119. The van der Waals surface area contributed by atoms with Crippen molar-refractivity contribution in [3.63, 3.8) is 0 Å². The monoisotopic (exact) mass is 418 g/mol. The Morgan fingerprint density at radius 3 is 2.76 bits per heavy atom. The number of aromatic nitrogens is 2. The van der Waals surface area contributed by atoms with Crippen molar-refractivity contribution in [3.8, 4) is 0 Å². The average molecular weight is 419 g/mol. The van der Waals surface area contributed by atoms with Crippen LogP contribution in [0, 0.1) is 0 Å². The van der Waals surface area contributed by atoms with E-state index in [2.05, 4.69) is 27.8 Å². The van der Waals surface area contributed by atoms with Crippen molar-refractivity contribution < 1.29 is 9.53 Å². The zero-order chi connectivity index (χ0) is 20.1. The van der Waals surface area contributed by atoms with Gasteiger partial charge in [0.1, 0.15) is 0 Å². The van der Waals surface area contributed by atoms with Crippen LogP contribution in [0.4, 0.5) is 0 Å². The van der Waals surface area contributed by atoms with Crippen LogP contribution < -0.4 is 0 Å². The molecule has 2 aromatic heterocycles. The first-order chi connectivity index (χ1) is 14.3. The molecule has 4 heterocycles. The van der Waals surface area contributed by atoms with Crippen LogP contribution >= 0.6 is 11.3 Å². The summed E-state index contributed by atoms with van der Waals surface area (Å²) in [6.45, 7) is 7.47. The lowest BCUT2D eigenvalue weighted by Gasteiger charge is -2.32. The fraction of sp³-hybridized carbons (Fsp3) is 0.727. The number of carbonyl (C=O) groups is 1. The number of thiazole rings is 1. The van der Waals surface area contributed by atoms with Gasteiger partial charge in [-0.05, 0) is 38.6 Å². The molecule has 0 bridgehead atoms. The van der Waals surface area contributed by atoms with Gasteiger partial charge in [0, 0.05) is 44.4 Å². The van der Waals surface area contributed by atoms with Gasteiger partial charge in [0.25, 0.3) is 5.91 Å². The molecule has 0 spiro atoms. The Kier molecular flexibility index (Phi) is 7.21. The number of carbonyl (C=O) groups excluding carboxylic acids is 1. The molecule has 2 aliphatic heterocycles. The summed E-state index contributed by atoms with van der Waals surface area (Å²) >= 11 is 1.61. The maximum Gasteiger partial charge on any atom is 0.274 e. The SMILES string of the molecule is CCCO[C@@H]1CCCN(Cc2c(C(=O)N3CCCCCCC3)nc3sccn23)C1. The van der Waals surface area contributed by atoms with E-state index in [1.807, 2.05) is 4.90 Å². The maximum absolute atomic E-state index is 13.4. The first kappa shape index (κ1) is 20.8. The first-order valence-electron chi connectivity index (χ1n) is 11.3. The molecule has 1 amide bonds. The van der Waals surface area contributed by atoms with Gasteiger partial charge in [-0.2, -0.15) is 0 Å². The molecule has 6 nitrogen and oxygen atoms in total. The van der Waals surface area contributed by atoms with E-state index in [9.17, 15) is 4.79 Å². The van der Waals surface area contributed by atoms with Crippen molar-refractivity contribution >= 4 is 22.2 Å². The Bertz CT molecular complexity index is 794. The number of piperidine rings is 1. The zero-order valence-corrected chi connectivity index (χ0v) is 18.5. The molecule has 0 aliphatic carbocycles. The smallest absolute Gasteiger partial charge is 0.274 e.